The minimum atomic E-state index is 0.718. The first-order valence-electron chi connectivity index (χ1n) is 3.78. The Bertz CT molecular complexity index is 199. The van der Waals surface area contributed by atoms with E-state index in [9.17, 15) is 0 Å². The number of hydrogen-bond donors (Lipinski definition) is 3. The van der Waals surface area contributed by atoms with E-state index in [0.717, 1.165) is 13.1 Å². The predicted octanol–water partition coefficient (Wildman–Crippen LogP) is 0.273. The second-order valence-electron chi connectivity index (χ2n) is 2.89. The summed E-state index contributed by atoms with van der Waals surface area (Å²) in [4.78, 5) is 0. The molecule has 1 aliphatic rings. The summed E-state index contributed by atoms with van der Waals surface area (Å²) in [6.07, 6.45) is 2.18. The largest absolute Gasteiger partial charge is 0.383 e. The molecule has 0 bridgehead atoms. The second-order valence-corrected chi connectivity index (χ2v) is 2.89. The molecule has 0 amide bonds. The van der Waals surface area contributed by atoms with Crippen LogP contribution in [0.3, 0.4) is 0 Å². The number of allylic oxidation sites excluding steroid dienone is 2. The van der Waals surface area contributed by atoms with Crippen LogP contribution in [0.5, 0.6) is 0 Å². The zero-order valence-electron chi connectivity index (χ0n) is 7.07. The van der Waals surface area contributed by atoms with Crippen molar-refractivity contribution >= 4 is 0 Å². The lowest BCUT2D eigenvalue weighted by atomic mass is 10.1. The van der Waals surface area contributed by atoms with Gasteiger partial charge in [-0.2, -0.15) is 0 Å². The van der Waals surface area contributed by atoms with Crippen LogP contribution in [0.4, 0.5) is 0 Å². The standard InChI is InChI=1S/C8H15N3/c1-6-3-7(2)8(5-11-9)10-4-6/h3,10-11H,4-5,9H2,1-2H3. The van der Waals surface area contributed by atoms with Crippen molar-refractivity contribution in [2.75, 3.05) is 13.1 Å². The number of hydrogen-bond acceptors (Lipinski definition) is 3. The molecular weight excluding hydrogens is 138 g/mol. The Hall–Kier alpha value is -0.800. The minimum absolute atomic E-state index is 0.718. The molecule has 1 heterocycles. The highest BCUT2D eigenvalue weighted by Gasteiger charge is 2.05. The second kappa shape index (κ2) is 3.55. The first-order valence-corrected chi connectivity index (χ1v) is 3.78. The van der Waals surface area contributed by atoms with E-state index in [0.29, 0.717) is 0 Å². The smallest absolute Gasteiger partial charge is 0.0499 e. The summed E-state index contributed by atoms with van der Waals surface area (Å²) < 4.78 is 0. The van der Waals surface area contributed by atoms with E-state index >= 15 is 0 Å². The third-order valence-corrected chi connectivity index (χ3v) is 1.80. The fourth-order valence-corrected chi connectivity index (χ4v) is 1.20. The minimum Gasteiger partial charge on any atom is -0.383 e. The van der Waals surface area contributed by atoms with E-state index in [1.54, 1.807) is 0 Å². The van der Waals surface area contributed by atoms with E-state index < -0.39 is 0 Å². The Kier molecular flexibility index (Phi) is 2.68. The van der Waals surface area contributed by atoms with Crippen LogP contribution in [-0.4, -0.2) is 13.1 Å². The SMILES string of the molecule is CC1=CC(C)=C(CNN)NC1. The maximum atomic E-state index is 5.21. The molecule has 1 aliphatic heterocycles. The van der Waals surface area contributed by atoms with Crippen molar-refractivity contribution in [2.24, 2.45) is 5.84 Å². The highest BCUT2D eigenvalue weighted by Crippen LogP contribution is 2.10. The fraction of sp³-hybridized carbons (Fsp3) is 0.500. The van der Waals surface area contributed by atoms with Crippen LogP contribution in [0, 0.1) is 0 Å². The van der Waals surface area contributed by atoms with Gasteiger partial charge in [-0.15, -0.1) is 0 Å². The number of dihydropyridines is 1. The molecule has 0 aromatic rings. The van der Waals surface area contributed by atoms with Crippen LogP contribution in [-0.2, 0) is 0 Å². The van der Waals surface area contributed by atoms with Crippen LogP contribution in [0.1, 0.15) is 13.8 Å². The highest BCUT2D eigenvalue weighted by atomic mass is 15.2. The first kappa shape index (κ1) is 8.30. The third-order valence-electron chi connectivity index (χ3n) is 1.80. The zero-order chi connectivity index (χ0) is 8.27. The topological polar surface area (TPSA) is 50.1 Å². The molecule has 11 heavy (non-hydrogen) atoms. The van der Waals surface area contributed by atoms with Gasteiger partial charge in [0.05, 0.1) is 0 Å². The van der Waals surface area contributed by atoms with Crippen molar-refractivity contribution in [1.82, 2.24) is 10.7 Å². The summed E-state index contributed by atoms with van der Waals surface area (Å²) in [7, 11) is 0. The molecule has 0 aromatic carbocycles. The maximum Gasteiger partial charge on any atom is 0.0499 e. The van der Waals surface area contributed by atoms with E-state index in [4.69, 9.17) is 5.84 Å². The molecular formula is C8H15N3. The van der Waals surface area contributed by atoms with Crippen LogP contribution >= 0.6 is 0 Å². The molecule has 0 fully saturated rings. The van der Waals surface area contributed by atoms with Crippen LogP contribution < -0.4 is 16.6 Å². The summed E-state index contributed by atoms with van der Waals surface area (Å²) >= 11 is 0. The lowest BCUT2D eigenvalue weighted by molar-refractivity contribution is 0.713. The number of nitrogens with one attached hydrogen (secondary N) is 2. The number of hydrazine groups is 1. The Balaban J connectivity index is 2.69. The van der Waals surface area contributed by atoms with Gasteiger partial charge in [-0.1, -0.05) is 11.6 Å². The quantitative estimate of drug-likeness (QED) is 0.394. The molecule has 3 heteroatoms. The zero-order valence-corrected chi connectivity index (χ0v) is 7.07. The van der Waals surface area contributed by atoms with Gasteiger partial charge >= 0.3 is 0 Å². The molecule has 0 aliphatic carbocycles. The molecule has 0 radical (unpaired) electrons. The van der Waals surface area contributed by atoms with Crippen molar-refractivity contribution in [1.29, 1.82) is 0 Å². The van der Waals surface area contributed by atoms with Crippen LogP contribution in [0.25, 0.3) is 0 Å². The third kappa shape index (κ3) is 2.06. The van der Waals surface area contributed by atoms with Crippen molar-refractivity contribution < 1.29 is 0 Å². The van der Waals surface area contributed by atoms with Crippen molar-refractivity contribution in [3.8, 4) is 0 Å². The predicted molar refractivity (Wildman–Crippen MR) is 46.6 cm³/mol. The van der Waals surface area contributed by atoms with E-state index in [2.05, 4.69) is 30.7 Å². The summed E-state index contributed by atoms with van der Waals surface area (Å²) in [6.45, 7) is 5.86. The van der Waals surface area contributed by atoms with Gasteiger partial charge in [0.1, 0.15) is 0 Å². The van der Waals surface area contributed by atoms with Gasteiger partial charge in [0.15, 0.2) is 0 Å². The van der Waals surface area contributed by atoms with Crippen LogP contribution in [0.2, 0.25) is 0 Å². The van der Waals surface area contributed by atoms with E-state index in [-0.39, 0.29) is 0 Å². The molecule has 0 aromatic heterocycles. The van der Waals surface area contributed by atoms with Crippen LogP contribution in [0.15, 0.2) is 22.9 Å². The van der Waals surface area contributed by atoms with Gasteiger partial charge in [0, 0.05) is 18.8 Å². The molecule has 0 spiro atoms. The Morgan fingerprint density at radius 2 is 2.36 bits per heavy atom. The van der Waals surface area contributed by atoms with Crippen molar-refractivity contribution in [3.63, 3.8) is 0 Å². The average molecular weight is 153 g/mol. The van der Waals surface area contributed by atoms with E-state index in [1.165, 1.54) is 16.8 Å². The summed E-state index contributed by atoms with van der Waals surface area (Å²) in [5.74, 6) is 5.21. The van der Waals surface area contributed by atoms with Gasteiger partial charge in [0.25, 0.3) is 0 Å². The molecule has 0 atom stereocenters. The number of nitrogens with two attached hydrogens (primary N) is 1. The number of rotatable bonds is 2. The highest BCUT2D eigenvalue weighted by molar-refractivity contribution is 5.31. The lowest BCUT2D eigenvalue weighted by Gasteiger charge is -2.18. The summed E-state index contributed by atoms with van der Waals surface area (Å²) in [5.41, 5.74) is 6.46. The molecule has 62 valence electrons. The van der Waals surface area contributed by atoms with Crippen molar-refractivity contribution in [2.45, 2.75) is 13.8 Å². The molecule has 0 unspecified atom stereocenters. The monoisotopic (exact) mass is 153 g/mol. The van der Waals surface area contributed by atoms with Crippen molar-refractivity contribution in [3.05, 3.63) is 22.9 Å². The summed E-state index contributed by atoms with van der Waals surface area (Å²) in [5, 5.41) is 3.29. The first-order chi connectivity index (χ1) is 5.24. The van der Waals surface area contributed by atoms with Gasteiger partial charge in [-0.25, -0.2) is 0 Å². The van der Waals surface area contributed by atoms with Gasteiger partial charge in [0.2, 0.25) is 0 Å². The van der Waals surface area contributed by atoms with Gasteiger partial charge < -0.3 is 5.32 Å². The average Bonchev–Trinajstić information content (AvgIpc) is 1.95. The molecule has 0 saturated heterocycles. The normalized spacial score (nSPS) is 17.9. The molecule has 3 nitrogen and oxygen atoms in total. The molecule has 1 rings (SSSR count). The maximum absolute atomic E-state index is 5.21. The molecule has 0 saturated carbocycles. The van der Waals surface area contributed by atoms with Gasteiger partial charge in [-0.05, 0) is 19.4 Å². The molecule has 4 N–H and O–H groups in total. The van der Waals surface area contributed by atoms with E-state index in [1.807, 2.05) is 0 Å². The summed E-state index contributed by atoms with van der Waals surface area (Å²) in [6, 6.07) is 0. The van der Waals surface area contributed by atoms with Gasteiger partial charge in [-0.3, -0.25) is 11.3 Å². The Labute approximate surface area is 67.3 Å². The fourth-order valence-electron chi connectivity index (χ4n) is 1.20. The lowest BCUT2D eigenvalue weighted by Crippen LogP contribution is -2.32. The Morgan fingerprint density at radius 1 is 1.64 bits per heavy atom. The Morgan fingerprint density at radius 3 is 2.91 bits per heavy atom.